The van der Waals surface area contributed by atoms with Gasteiger partial charge in [0.05, 0.1) is 0 Å². The molecule has 92 valence electrons. The van der Waals surface area contributed by atoms with Crippen molar-refractivity contribution in [1.82, 2.24) is 4.90 Å². The van der Waals surface area contributed by atoms with Crippen LogP contribution in [0, 0.1) is 10.8 Å². The van der Waals surface area contributed by atoms with E-state index in [9.17, 15) is 0 Å². The van der Waals surface area contributed by atoms with Gasteiger partial charge in [-0.2, -0.15) is 0 Å². The van der Waals surface area contributed by atoms with Crippen LogP contribution >= 0.6 is 0 Å². The summed E-state index contributed by atoms with van der Waals surface area (Å²) in [6.07, 6.45) is 2.56. The Morgan fingerprint density at radius 3 is 1.80 bits per heavy atom. The Balaban J connectivity index is 4.21. The van der Waals surface area contributed by atoms with Gasteiger partial charge in [0.25, 0.3) is 0 Å². The normalized spacial score (nSPS) is 13.6. The number of hydrogen-bond acceptors (Lipinski definition) is 1. The number of nitrogens with zero attached hydrogens (tertiary/aromatic N) is 1. The lowest BCUT2D eigenvalue weighted by molar-refractivity contribution is 0.133. The first-order valence-electron chi connectivity index (χ1n) is 6.42. The van der Waals surface area contributed by atoms with E-state index in [2.05, 4.69) is 53.4 Å². The molecule has 0 aromatic heterocycles. The van der Waals surface area contributed by atoms with Crippen molar-refractivity contribution in [2.24, 2.45) is 10.8 Å². The second-order valence-electron chi connectivity index (χ2n) is 6.77. The van der Waals surface area contributed by atoms with Gasteiger partial charge in [0.15, 0.2) is 0 Å². The monoisotopic (exact) mass is 213 g/mol. The lowest BCUT2D eigenvalue weighted by Crippen LogP contribution is -2.36. The molecule has 0 aliphatic carbocycles. The standard InChI is InChI=1S/C14H31N/c1-8-10-15(9-2)12-14(6,7)11-13(3,4)5/h8-12H2,1-7H3. The summed E-state index contributed by atoms with van der Waals surface area (Å²) in [5.74, 6) is 0. The molecule has 0 bridgehead atoms. The minimum Gasteiger partial charge on any atom is -0.303 e. The van der Waals surface area contributed by atoms with E-state index in [1.54, 1.807) is 0 Å². The summed E-state index contributed by atoms with van der Waals surface area (Å²) in [5, 5.41) is 0. The van der Waals surface area contributed by atoms with Gasteiger partial charge in [-0.25, -0.2) is 0 Å². The second kappa shape index (κ2) is 5.89. The first kappa shape index (κ1) is 15.0. The molecule has 1 nitrogen and oxygen atoms in total. The summed E-state index contributed by atoms with van der Waals surface area (Å²) in [7, 11) is 0. The molecule has 0 rings (SSSR count). The van der Waals surface area contributed by atoms with Gasteiger partial charge in [-0.05, 0) is 36.8 Å². The topological polar surface area (TPSA) is 3.24 Å². The Kier molecular flexibility index (Phi) is 5.87. The van der Waals surface area contributed by atoms with Gasteiger partial charge in [-0.1, -0.05) is 48.5 Å². The lowest BCUT2D eigenvalue weighted by atomic mass is 9.76. The number of hydrogen-bond donors (Lipinski definition) is 0. The summed E-state index contributed by atoms with van der Waals surface area (Å²) in [6, 6.07) is 0. The molecule has 0 heterocycles. The van der Waals surface area contributed by atoms with Gasteiger partial charge in [0.1, 0.15) is 0 Å². The average Bonchev–Trinajstić information content (AvgIpc) is 1.98. The molecule has 0 radical (unpaired) electrons. The van der Waals surface area contributed by atoms with E-state index >= 15 is 0 Å². The molecular formula is C14H31N. The van der Waals surface area contributed by atoms with E-state index in [1.807, 2.05) is 0 Å². The van der Waals surface area contributed by atoms with Crippen LogP contribution in [0.2, 0.25) is 0 Å². The van der Waals surface area contributed by atoms with Crippen LogP contribution < -0.4 is 0 Å². The molecule has 0 amide bonds. The highest BCUT2D eigenvalue weighted by Crippen LogP contribution is 2.33. The van der Waals surface area contributed by atoms with Crippen LogP contribution in [0.5, 0.6) is 0 Å². The van der Waals surface area contributed by atoms with E-state index in [0.717, 1.165) is 0 Å². The molecule has 0 spiro atoms. The summed E-state index contributed by atoms with van der Waals surface area (Å²) in [6.45, 7) is 20.0. The lowest BCUT2D eigenvalue weighted by Gasteiger charge is -2.36. The minimum absolute atomic E-state index is 0.434. The highest BCUT2D eigenvalue weighted by molar-refractivity contribution is 4.79. The fourth-order valence-electron chi connectivity index (χ4n) is 2.76. The van der Waals surface area contributed by atoms with Gasteiger partial charge in [0.2, 0.25) is 0 Å². The Morgan fingerprint density at radius 1 is 0.933 bits per heavy atom. The Labute approximate surface area is 97.2 Å². The van der Waals surface area contributed by atoms with Crippen molar-refractivity contribution in [3.63, 3.8) is 0 Å². The molecule has 1 heteroatoms. The maximum atomic E-state index is 2.58. The predicted molar refractivity (Wildman–Crippen MR) is 70.3 cm³/mol. The fourth-order valence-corrected chi connectivity index (χ4v) is 2.76. The molecule has 0 unspecified atom stereocenters. The molecule has 0 saturated heterocycles. The van der Waals surface area contributed by atoms with Crippen LogP contribution in [0.1, 0.15) is 61.3 Å². The zero-order valence-corrected chi connectivity index (χ0v) is 12.0. The highest BCUT2D eigenvalue weighted by atomic mass is 15.1. The molecule has 0 saturated carbocycles. The van der Waals surface area contributed by atoms with Crippen molar-refractivity contribution < 1.29 is 0 Å². The quantitative estimate of drug-likeness (QED) is 0.640. The van der Waals surface area contributed by atoms with E-state index in [-0.39, 0.29) is 0 Å². The summed E-state index contributed by atoms with van der Waals surface area (Å²) in [4.78, 5) is 2.58. The Hall–Kier alpha value is -0.0400. The maximum absolute atomic E-state index is 2.58. The Bertz CT molecular complexity index is 165. The van der Waals surface area contributed by atoms with E-state index < -0.39 is 0 Å². The molecule has 0 aromatic rings. The van der Waals surface area contributed by atoms with Crippen molar-refractivity contribution in [2.45, 2.75) is 61.3 Å². The highest BCUT2D eigenvalue weighted by Gasteiger charge is 2.26. The van der Waals surface area contributed by atoms with Crippen molar-refractivity contribution in [2.75, 3.05) is 19.6 Å². The van der Waals surface area contributed by atoms with E-state index in [0.29, 0.717) is 10.8 Å². The van der Waals surface area contributed by atoms with Gasteiger partial charge >= 0.3 is 0 Å². The van der Waals surface area contributed by atoms with Crippen LogP contribution in [0.15, 0.2) is 0 Å². The molecule has 0 atom stereocenters. The van der Waals surface area contributed by atoms with Crippen LogP contribution in [0.25, 0.3) is 0 Å². The summed E-state index contributed by atoms with van der Waals surface area (Å²) >= 11 is 0. The largest absolute Gasteiger partial charge is 0.303 e. The van der Waals surface area contributed by atoms with Crippen molar-refractivity contribution in [3.05, 3.63) is 0 Å². The minimum atomic E-state index is 0.434. The average molecular weight is 213 g/mol. The van der Waals surface area contributed by atoms with Crippen LogP contribution in [-0.2, 0) is 0 Å². The Morgan fingerprint density at radius 2 is 1.47 bits per heavy atom. The van der Waals surface area contributed by atoms with Crippen molar-refractivity contribution in [3.8, 4) is 0 Å². The predicted octanol–water partition coefficient (Wildman–Crippen LogP) is 4.18. The van der Waals surface area contributed by atoms with Crippen LogP contribution in [0.3, 0.4) is 0 Å². The van der Waals surface area contributed by atoms with Crippen molar-refractivity contribution in [1.29, 1.82) is 0 Å². The van der Waals surface area contributed by atoms with Gasteiger partial charge in [0, 0.05) is 6.54 Å². The molecule has 0 N–H and O–H groups in total. The zero-order chi connectivity index (χ0) is 12.1. The molecule has 0 fully saturated rings. The summed E-state index contributed by atoms with van der Waals surface area (Å²) in [5.41, 5.74) is 0.874. The zero-order valence-electron chi connectivity index (χ0n) is 12.0. The first-order chi connectivity index (χ1) is 6.70. The molecule has 15 heavy (non-hydrogen) atoms. The van der Waals surface area contributed by atoms with Crippen LogP contribution in [-0.4, -0.2) is 24.5 Å². The fraction of sp³-hybridized carbons (Fsp3) is 1.00. The summed E-state index contributed by atoms with van der Waals surface area (Å²) < 4.78 is 0. The van der Waals surface area contributed by atoms with Crippen LogP contribution in [0.4, 0.5) is 0 Å². The molecule has 0 aliphatic rings. The van der Waals surface area contributed by atoms with Gasteiger partial charge in [-0.3, -0.25) is 0 Å². The van der Waals surface area contributed by atoms with Gasteiger partial charge in [-0.15, -0.1) is 0 Å². The van der Waals surface area contributed by atoms with Gasteiger partial charge < -0.3 is 4.90 Å². The molecule has 0 aromatic carbocycles. The number of rotatable bonds is 6. The third-order valence-corrected chi connectivity index (χ3v) is 2.65. The SMILES string of the molecule is CCCN(CC)CC(C)(C)CC(C)(C)C. The van der Waals surface area contributed by atoms with Crippen molar-refractivity contribution >= 4 is 0 Å². The molecule has 0 aliphatic heterocycles. The van der Waals surface area contributed by atoms with E-state index in [4.69, 9.17) is 0 Å². The van der Waals surface area contributed by atoms with E-state index in [1.165, 1.54) is 32.5 Å². The smallest absolute Gasteiger partial charge is 0.00328 e. The molecular weight excluding hydrogens is 182 g/mol. The third kappa shape index (κ3) is 7.84. The maximum Gasteiger partial charge on any atom is 0.00328 e. The third-order valence-electron chi connectivity index (χ3n) is 2.65. The first-order valence-corrected chi connectivity index (χ1v) is 6.42. The second-order valence-corrected chi connectivity index (χ2v) is 6.77.